The maximum atomic E-state index is 13.6. The van der Waals surface area contributed by atoms with Crippen LogP contribution in [0.5, 0.6) is 0 Å². The molecular formula is C15H23F2N3O. The fourth-order valence-corrected chi connectivity index (χ4v) is 2.25. The van der Waals surface area contributed by atoms with Crippen molar-refractivity contribution in [3.05, 3.63) is 29.3 Å². The van der Waals surface area contributed by atoms with E-state index in [-0.39, 0.29) is 11.3 Å². The summed E-state index contributed by atoms with van der Waals surface area (Å²) in [6.45, 7) is 9.32. The molecule has 21 heavy (non-hydrogen) atoms. The molecule has 0 aliphatic carbocycles. The number of hydrogen-bond acceptors (Lipinski definition) is 3. The number of hydrogen-bond donors (Lipinski definition) is 2. The molecule has 4 nitrogen and oxygen atoms in total. The highest BCUT2D eigenvalue weighted by Crippen LogP contribution is 2.16. The second-order valence-corrected chi connectivity index (χ2v) is 5.53. The molecule has 0 aliphatic rings. The van der Waals surface area contributed by atoms with Gasteiger partial charge in [-0.25, -0.2) is 8.78 Å². The Morgan fingerprint density at radius 3 is 2.29 bits per heavy atom. The van der Waals surface area contributed by atoms with Gasteiger partial charge in [0.1, 0.15) is 11.6 Å². The van der Waals surface area contributed by atoms with Crippen molar-refractivity contribution in [3.63, 3.8) is 0 Å². The third-order valence-corrected chi connectivity index (χ3v) is 3.31. The molecule has 118 valence electrons. The molecule has 3 N–H and O–H groups in total. The van der Waals surface area contributed by atoms with E-state index in [2.05, 4.69) is 37.9 Å². The lowest BCUT2D eigenvalue weighted by molar-refractivity contribution is 0.0935. The predicted molar refractivity (Wildman–Crippen MR) is 80.1 cm³/mol. The summed E-state index contributed by atoms with van der Waals surface area (Å²) in [5.41, 5.74) is 4.87. The van der Waals surface area contributed by atoms with Crippen LogP contribution in [0, 0.1) is 11.6 Å². The molecule has 0 radical (unpaired) electrons. The number of nitrogen functional groups attached to an aromatic ring is 1. The molecule has 0 saturated heterocycles. The minimum atomic E-state index is -0.913. The first-order valence-corrected chi connectivity index (χ1v) is 7.02. The molecular weight excluding hydrogens is 276 g/mol. The van der Waals surface area contributed by atoms with Gasteiger partial charge >= 0.3 is 0 Å². The van der Waals surface area contributed by atoms with Gasteiger partial charge in [-0.15, -0.1) is 0 Å². The molecule has 0 unspecified atom stereocenters. The normalized spacial score (nSPS) is 11.5. The van der Waals surface area contributed by atoms with Crippen molar-refractivity contribution in [2.24, 2.45) is 0 Å². The molecule has 6 heteroatoms. The first-order valence-electron chi connectivity index (χ1n) is 7.02. The quantitative estimate of drug-likeness (QED) is 0.793. The van der Waals surface area contributed by atoms with Crippen molar-refractivity contribution in [1.82, 2.24) is 10.2 Å². The molecule has 0 aliphatic heterocycles. The average Bonchev–Trinajstić information content (AvgIpc) is 2.37. The summed E-state index contributed by atoms with van der Waals surface area (Å²) in [6, 6.07) is 2.33. The molecule has 0 atom stereocenters. The van der Waals surface area contributed by atoms with Crippen molar-refractivity contribution in [3.8, 4) is 0 Å². The number of amides is 1. The SMILES string of the molecule is CC(C)N(CCNC(=O)c1cc(N)c(F)cc1F)C(C)C. The van der Waals surface area contributed by atoms with Gasteiger partial charge in [0.25, 0.3) is 5.91 Å². The topological polar surface area (TPSA) is 58.4 Å². The van der Waals surface area contributed by atoms with Gasteiger partial charge in [0.15, 0.2) is 0 Å². The minimum Gasteiger partial charge on any atom is -0.396 e. The summed E-state index contributed by atoms with van der Waals surface area (Å²) >= 11 is 0. The van der Waals surface area contributed by atoms with Gasteiger partial charge in [-0.2, -0.15) is 0 Å². The number of carbonyl (C=O) groups excluding carboxylic acids is 1. The monoisotopic (exact) mass is 299 g/mol. The lowest BCUT2D eigenvalue weighted by Gasteiger charge is -2.30. The van der Waals surface area contributed by atoms with Crippen LogP contribution in [0.2, 0.25) is 0 Å². The van der Waals surface area contributed by atoms with Gasteiger partial charge in [0.05, 0.1) is 11.3 Å². The third kappa shape index (κ3) is 4.67. The Balaban J connectivity index is 2.64. The van der Waals surface area contributed by atoms with Crippen LogP contribution in [0.1, 0.15) is 38.1 Å². The summed E-state index contributed by atoms with van der Waals surface area (Å²) in [6.07, 6.45) is 0. The predicted octanol–water partition coefficient (Wildman–Crippen LogP) is 2.40. The van der Waals surface area contributed by atoms with E-state index in [1.807, 2.05) is 0 Å². The number of rotatable bonds is 6. The van der Waals surface area contributed by atoms with Crippen molar-refractivity contribution in [2.45, 2.75) is 39.8 Å². The highest BCUT2D eigenvalue weighted by Gasteiger charge is 2.16. The van der Waals surface area contributed by atoms with Crippen molar-refractivity contribution < 1.29 is 13.6 Å². The average molecular weight is 299 g/mol. The number of nitrogens with two attached hydrogens (primary N) is 1. The molecule has 0 spiro atoms. The Kier molecular flexibility index (Phi) is 6.08. The summed E-state index contributed by atoms with van der Waals surface area (Å²) < 4.78 is 26.6. The van der Waals surface area contributed by atoms with Crippen molar-refractivity contribution in [1.29, 1.82) is 0 Å². The van der Waals surface area contributed by atoms with Crippen LogP contribution < -0.4 is 11.1 Å². The lowest BCUT2D eigenvalue weighted by Crippen LogP contribution is -2.42. The summed E-state index contributed by atoms with van der Waals surface area (Å²) in [7, 11) is 0. The van der Waals surface area contributed by atoms with E-state index in [0.29, 0.717) is 31.2 Å². The maximum Gasteiger partial charge on any atom is 0.254 e. The van der Waals surface area contributed by atoms with E-state index in [1.165, 1.54) is 0 Å². The number of halogens is 2. The Labute approximate surface area is 124 Å². The zero-order chi connectivity index (χ0) is 16.2. The number of nitrogens with one attached hydrogen (secondary N) is 1. The van der Waals surface area contributed by atoms with Crippen LogP contribution in [0.4, 0.5) is 14.5 Å². The van der Waals surface area contributed by atoms with Crippen LogP contribution in [0.25, 0.3) is 0 Å². The molecule has 0 fully saturated rings. The molecule has 0 heterocycles. The molecule has 0 saturated carbocycles. The Morgan fingerprint density at radius 2 is 1.76 bits per heavy atom. The largest absolute Gasteiger partial charge is 0.396 e. The summed E-state index contributed by atoms with van der Waals surface area (Å²) in [5.74, 6) is -2.37. The Bertz CT molecular complexity index is 496. The second kappa shape index (κ2) is 7.36. The lowest BCUT2D eigenvalue weighted by atomic mass is 10.1. The van der Waals surface area contributed by atoms with Gasteiger partial charge < -0.3 is 11.1 Å². The van der Waals surface area contributed by atoms with Gasteiger partial charge in [0.2, 0.25) is 0 Å². The second-order valence-electron chi connectivity index (χ2n) is 5.53. The van der Waals surface area contributed by atoms with E-state index >= 15 is 0 Å². The Morgan fingerprint density at radius 1 is 1.19 bits per heavy atom. The minimum absolute atomic E-state index is 0.241. The molecule has 1 rings (SSSR count). The van der Waals surface area contributed by atoms with E-state index in [4.69, 9.17) is 5.73 Å². The third-order valence-electron chi connectivity index (χ3n) is 3.31. The number of benzene rings is 1. The molecule has 1 aromatic rings. The fourth-order valence-electron chi connectivity index (χ4n) is 2.25. The maximum absolute atomic E-state index is 13.6. The molecule has 1 amide bonds. The number of nitrogens with zero attached hydrogens (tertiary/aromatic N) is 1. The zero-order valence-electron chi connectivity index (χ0n) is 12.9. The first kappa shape index (κ1) is 17.4. The van der Waals surface area contributed by atoms with Gasteiger partial charge in [0, 0.05) is 31.2 Å². The van der Waals surface area contributed by atoms with Crippen molar-refractivity contribution >= 4 is 11.6 Å². The van der Waals surface area contributed by atoms with Crippen LogP contribution in [-0.2, 0) is 0 Å². The van der Waals surface area contributed by atoms with Gasteiger partial charge in [-0.1, -0.05) is 0 Å². The Hall–Kier alpha value is -1.69. The molecule has 0 bridgehead atoms. The van der Waals surface area contributed by atoms with Crippen LogP contribution in [-0.4, -0.2) is 36.0 Å². The molecule has 0 aromatic heterocycles. The van der Waals surface area contributed by atoms with E-state index < -0.39 is 17.5 Å². The number of anilines is 1. The van der Waals surface area contributed by atoms with Crippen molar-refractivity contribution in [2.75, 3.05) is 18.8 Å². The van der Waals surface area contributed by atoms with Crippen LogP contribution >= 0.6 is 0 Å². The smallest absolute Gasteiger partial charge is 0.254 e. The van der Waals surface area contributed by atoms with Crippen LogP contribution in [0.3, 0.4) is 0 Å². The van der Waals surface area contributed by atoms with E-state index in [9.17, 15) is 13.6 Å². The standard InChI is InChI=1S/C15H23F2N3O/c1-9(2)20(10(3)4)6-5-19-15(21)11-7-14(18)13(17)8-12(11)16/h7-10H,5-6,18H2,1-4H3,(H,19,21). The van der Waals surface area contributed by atoms with Gasteiger partial charge in [-0.05, 0) is 33.8 Å². The highest BCUT2D eigenvalue weighted by atomic mass is 19.1. The van der Waals surface area contributed by atoms with Crippen LogP contribution in [0.15, 0.2) is 12.1 Å². The highest BCUT2D eigenvalue weighted by molar-refractivity contribution is 5.95. The van der Waals surface area contributed by atoms with E-state index in [1.54, 1.807) is 0 Å². The van der Waals surface area contributed by atoms with Gasteiger partial charge in [-0.3, -0.25) is 9.69 Å². The van der Waals surface area contributed by atoms with E-state index in [0.717, 1.165) is 6.07 Å². The number of carbonyl (C=O) groups is 1. The molecule has 1 aromatic carbocycles. The summed E-state index contributed by atoms with van der Waals surface area (Å²) in [5, 5.41) is 2.63. The summed E-state index contributed by atoms with van der Waals surface area (Å²) in [4.78, 5) is 14.1. The fraction of sp³-hybridized carbons (Fsp3) is 0.533. The first-order chi connectivity index (χ1) is 9.73. The zero-order valence-corrected chi connectivity index (χ0v) is 12.9.